The van der Waals surface area contributed by atoms with Gasteiger partial charge < -0.3 is 0 Å². The van der Waals surface area contributed by atoms with Crippen molar-refractivity contribution in [3.63, 3.8) is 0 Å². The second kappa shape index (κ2) is 2.76. The van der Waals surface area contributed by atoms with Crippen molar-refractivity contribution in [2.24, 2.45) is 0 Å². The van der Waals surface area contributed by atoms with Crippen LogP contribution in [0.5, 0.6) is 0 Å². The maximum atomic E-state index is 11.3. The maximum absolute atomic E-state index is 11.3. The largest absolute Gasteiger partial charge is 0.286 e. The van der Waals surface area contributed by atoms with Gasteiger partial charge in [0.25, 0.3) is 0 Å². The standard InChI is InChI=1S/C13H8O2/c14-12-6-9-5-8-3-1-2-4-10(8)11(9)7-13(12)15/h1-4,6-7H,5H2. The molecule has 2 heteroatoms. The zero-order valence-electron chi connectivity index (χ0n) is 7.99. The predicted molar refractivity (Wildman–Crippen MR) is 56.2 cm³/mol. The third-order valence-corrected chi connectivity index (χ3v) is 2.86. The van der Waals surface area contributed by atoms with E-state index in [4.69, 9.17) is 0 Å². The molecule has 0 amide bonds. The number of carbonyl (C=O) groups excluding carboxylic acids is 2. The molecule has 0 unspecified atom stereocenters. The van der Waals surface area contributed by atoms with Crippen LogP contribution >= 0.6 is 0 Å². The first-order valence-corrected chi connectivity index (χ1v) is 4.85. The van der Waals surface area contributed by atoms with E-state index < -0.39 is 11.6 Å². The summed E-state index contributed by atoms with van der Waals surface area (Å²) in [5.74, 6) is -0.813. The fraction of sp³-hybridized carbons (Fsp3) is 0.0769. The fourth-order valence-corrected chi connectivity index (χ4v) is 2.14. The van der Waals surface area contributed by atoms with Gasteiger partial charge in [-0.15, -0.1) is 0 Å². The molecule has 0 bridgehead atoms. The highest BCUT2D eigenvalue weighted by Crippen LogP contribution is 2.37. The van der Waals surface area contributed by atoms with Gasteiger partial charge in [0, 0.05) is 0 Å². The van der Waals surface area contributed by atoms with Crippen molar-refractivity contribution in [2.45, 2.75) is 6.42 Å². The summed E-state index contributed by atoms with van der Waals surface area (Å²) in [6, 6.07) is 7.94. The molecule has 0 aromatic heterocycles. The van der Waals surface area contributed by atoms with Gasteiger partial charge in [0.1, 0.15) is 0 Å². The first kappa shape index (κ1) is 8.36. The molecule has 0 saturated heterocycles. The molecule has 0 fully saturated rings. The van der Waals surface area contributed by atoms with Crippen LogP contribution in [-0.4, -0.2) is 11.6 Å². The Bertz CT molecular complexity index is 547. The lowest BCUT2D eigenvalue weighted by molar-refractivity contribution is -0.131. The molecule has 0 N–H and O–H groups in total. The molecule has 0 atom stereocenters. The van der Waals surface area contributed by atoms with Gasteiger partial charge in [-0.1, -0.05) is 24.3 Å². The number of hydrogen-bond acceptors (Lipinski definition) is 2. The molecule has 2 aliphatic carbocycles. The van der Waals surface area contributed by atoms with E-state index in [0.29, 0.717) is 0 Å². The number of allylic oxidation sites excluding steroid dienone is 4. The van der Waals surface area contributed by atoms with Gasteiger partial charge in [0.05, 0.1) is 0 Å². The van der Waals surface area contributed by atoms with E-state index in [2.05, 4.69) is 0 Å². The number of carbonyl (C=O) groups is 2. The van der Waals surface area contributed by atoms with Crippen molar-refractivity contribution in [2.75, 3.05) is 0 Å². The van der Waals surface area contributed by atoms with Gasteiger partial charge in [-0.05, 0) is 40.8 Å². The highest BCUT2D eigenvalue weighted by atomic mass is 16.2. The number of fused-ring (bicyclic) bond motifs is 3. The lowest BCUT2D eigenvalue weighted by Crippen LogP contribution is -2.13. The predicted octanol–water partition coefficient (Wildman–Crippen LogP) is 1.70. The fourth-order valence-electron chi connectivity index (χ4n) is 2.14. The summed E-state index contributed by atoms with van der Waals surface area (Å²) in [4.78, 5) is 22.5. The lowest BCUT2D eigenvalue weighted by atomic mass is 9.96. The molecule has 15 heavy (non-hydrogen) atoms. The molecule has 3 rings (SSSR count). The molecule has 0 spiro atoms. The second-order valence-corrected chi connectivity index (χ2v) is 3.79. The molecule has 1 aromatic rings. The Balaban J connectivity index is 2.23. The smallest absolute Gasteiger partial charge is 0.226 e. The topological polar surface area (TPSA) is 34.1 Å². The third kappa shape index (κ3) is 1.11. The molecule has 2 nitrogen and oxygen atoms in total. The molecule has 2 aliphatic rings. The van der Waals surface area contributed by atoms with Crippen LogP contribution in [0, 0.1) is 0 Å². The molecule has 0 aliphatic heterocycles. The first-order chi connectivity index (χ1) is 7.25. The molecule has 0 radical (unpaired) electrons. The summed E-state index contributed by atoms with van der Waals surface area (Å²) >= 11 is 0. The third-order valence-electron chi connectivity index (χ3n) is 2.86. The van der Waals surface area contributed by atoms with Crippen molar-refractivity contribution in [3.8, 4) is 0 Å². The normalized spacial score (nSPS) is 18.1. The van der Waals surface area contributed by atoms with Crippen molar-refractivity contribution in [1.82, 2.24) is 0 Å². The van der Waals surface area contributed by atoms with Gasteiger partial charge in [-0.25, -0.2) is 0 Å². The second-order valence-electron chi connectivity index (χ2n) is 3.79. The van der Waals surface area contributed by atoms with Gasteiger partial charge in [-0.2, -0.15) is 0 Å². The molecule has 72 valence electrons. The zero-order valence-corrected chi connectivity index (χ0v) is 7.99. The highest BCUT2D eigenvalue weighted by Gasteiger charge is 2.27. The van der Waals surface area contributed by atoms with E-state index in [1.807, 2.05) is 24.3 Å². The van der Waals surface area contributed by atoms with Gasteiger partial charge >= 0.3 is 0 Å². The minimum absolute atomic E-state index is 0.401. The lowest BCUT2D eigenvalue weighted by Gasteiger charge is -2.05. The molecular weight excluding hydrogens is 188 g/mol. The van der Waals surface area contributed by atoms with E-state index in [-0.39, 0.29) is 0 Å². The van der Waals surface area contributed by atoms with Crippen LogP contribution in [-0.2, 0) is 16.0 Å². The number of hydrogen-bond donors (Lipinski definition) is 0. The summed E-state index contributed by atoms with van der Waals surface area (Å²) in [6.07, 6.45) is 3.70. The number of benzene rings is 1. The molecule has 1 aromatic carbocycles. The molecule has 0 heterocycles. The first-order valence-electron chi connectivity index (χ1n) is 4.85. The van der Waals surface area contributed by atoms with Gasteiger partial charge in [0.15, 0.2) is 0 Å². The van der Waals surface area contributed by atoms with E-state index in [1.165, 1.54) is 17.7 Å². The summed E-state index contributed by atoms with van der Waals surface area (Å²) in [7, 11) is 0. The van der Waals surface area contributed by atoms with Crippen molar-refractivity contribution >= 4 is 17.1 Å². The van der Waals surface area contributed by atoms with Crippen molar-refractivity contribution in [3.05, 3.63) is 53.1 Å². The van der Waals surface area contributed by atoms with Crippen LogP contribution < -0.4 is 0 Å². The Kier molecular flexibility index (Phi) is 1.54. The average Bonchev–Trinajstić information content (AvgIpc) is 2.57. The van der Waals surface area contributed by atoms with Crippen molar-refractivity contribution < 1.29 is 9.59 Å². The monoisotopic (exact) mass is 196 g/mol. The van der Waals surface area contributed by atoms with Crippen LogP contribution in [0.15, 0.2) is 42.0 Å². The van der Waals surface area contributed by atoms with E-state index >= 15 is 0 Å². The van der Waals surface area contributed by atoms with E-state index in [9.17, 15) is 9.59 Å². The Hall–Kier alpha value is -1.96. The van der Waals surface area contributed by atoms with Gasteiger partial charge in [0.2, 0.25) is 11.6 Å². The molecular formula is C13H8O2. The van der Waals surface area contributed by atoms with Crippen LogP contribution in [0.3, 0.4) is 0 Å². The maximum Gasteiger partial charge on any atom is 0.226 e. The molecule has 0 saturated carbocycles. The van der Waals surface area contributed by atoms with Crippen LogP contribution in [0.25, 0.3) is 5.57 Å². The minimum Gasteiger partial charge on any atom is -0.286 e. The average molecular weight is 196 g/mol. The van der Waals surface area contributed by atoms with E-state index in [0.717, 1.165) is 23.1 Å². The number of rotatable bonds is 0. The Morgan fingerprint density at radius 3 is 2.53 bits per heavy atom. The summed E-state index contributed by atoms with van der Waals surface area (Å²) in [5.41, 5.74) is 4.18. The minimum atomic E-state index is -0.412. The van der Waals surface area contributed by atoms with Crippen LogP contribution in [0.1, 0.15) is 11.1 Å². The van der Waals surface area contributed by atoms with E-state index in [1.54, 1.807) is 0 Å². The van der Waals surface area contributed by atoms with Crippen LogP contribution in [0.4, 0.5) is 0 Å². The van der Waals surface area contributed by atoms with Crippen molar-refractivity contribution in [1.29, 1.82) is 0 Å². The summed E-state index contributed by atoms with van der Waals surface area (Å²) in [6.45, 7) is 0. The van der Waals surface area contributed by atoms with Crippen LogP contribution in [0.2, 0.25) is 0 Å². The quantitative estimate of drug-likeness (QED) is 0.467. The summed E-state index contributed by atoms with van der Waals surface area (Å²) in [5, 5.41) is 0. The summed E-state index contributed by atoms with van der Waals surface area (Å²) < 4.78 is 0. The zero-order chi connectivity index (χ0) is 10.4. The Morgan fingerprint density at radius 1 is 0.933 bits per heavy atom. The SMILES string of the molecule is O=C1C=C2Cc3ccccc3C2=CC1=O. The van der Waals surface area contributed by atoms with Gasteiger partial charge in [-0.3, -0.25) is 9.59 Å². The highest BCUT2D eigenvalue weighted by molar-refractivity contribution is 6.48. The Labute approximate surface area is 86.9 Å². The Morgan fingerprint density at radius 2 is 1.67 bits per heavy atom. The number of ketones is 2.